The molecule has 0 radical (unpaired) electrons. The van der Waals surface area contributed by atoms with Gasteiger partial charge in [0.25, 0.3) is 5.91 Å². The topological polar surface area (TPSA) is 100 Å². The Morgan fingerprint density at radius 3 is 2.03 bits per heavy atom. The molecule has 8 heteroatoms. The molecular weight excluding hydrogens is 378 g/mol. The summed E-state index contributed by atoms with van der Waals surface area (Å²) in [4.78, 5) is 35.9. The Labute approximate surface area is 168 Å². The minimum atomic E-state index is -0.630. The summed E-state index contributed by atoms with van der Waals surface area (Å²) >= 11 is 0. The highest BCUT2D eigenvalue weighted by atomic mass is 16.5. The van der Waals surface area contributed by atoms with Crippen LogP contribution in [0.5, 0.6) is 17.2 Å². The molecule has 0 spiro atoms. The van der Waals surface area contributed by atoms with Crippen molar-refractivity contribution in [1.82, 2.24) is 0 Å². The molecule has 8 nitrogen and oxygen atoms in total. The number of methoxy groups -OCH3 is 3. The zero-order chi connectivity index (χ0) is 21.2. The molecule has 1 amide bonds. The summed E-state index contributed by atoms with van der Waals surface area (Å²) in [5, 5.41) is 2.59. The third-order valence-electron chi connectivity index (χ3n) is 3.96. The van der Waals surface area contributed by atoms with Crippen LogP contribution < -0.4 is 19.5 Å². The number of carbonyl (C=O) groups excluding carboxylic acids is 3. The average Bonchev–Trinajstić information content (AvgIpc) is 2.75. The van der Waals surface area contributed by atoms with Crippen LogP contribution in [0.25, 0.3) is 0 Å². The SMILES string of the molecule is COc1cc(NC(=O)COC(=O)CCC(=O)c2ccccc2)cc(OC)c1OC. The van der Waals surface area contributed by atoms with Gasteiger partial charge in [0.2, 0.25) is 5.75 Å². The molecule has 2 aromatic carbocycles. The van der Waals surface area contributed by atoms with Gasteiger partial charge in [-0.1, -0.05) is 30.3 Å². The lowest BCUT2D eigenvalue weighted by Gasteiger charge is -2.14. The van der Waals surface area contributed by atoms with E-state index >= 15 is 0 Å². The second-order valence-electron chi connectivity index (χ2n) is 5.91. The van der Waals surface area contributed by atoms with Gasteiger partial charge in [0.05, 0.1) is 27.8 Å². The summed E-state index contributed by atoms with van der Waals surface area (Å²) in [6, 6.07) is 11.8. The highest BCUT2D eigenvalue weighted by Gasteiger charge is 2.16. The number of amides is 1. The number of ether oxygens (including phenoxy) is 4. The lowest BCUT2D eigenvalue weighted by molar-refractivity contribution is -0.147. The molecule has 29 heavy (non-hydrogen) atoms. The van der Waals surface area contributed by atoms with E-state index in [1.165, 1.54) is 21.3 Å². The Bertz CT molecular complexity index is 840. The van der Waals surface area contributed by atoms with Crippen molar-refractivity contribution in [2.75, 3.05) is 33.3 Å². The molecule has 0 unspecified atom stereocenters. The number of ketones is 1. The monoisotopic (exact) mass is 401 g/mol. The molecule has 154 valence electrons. The Morgan fingerprint density at radius 1 is 0.862 bits per heavy atom. The van der Waals surface area contributed by atoms with Crippen LogP contribution in [0, 0.1) is 0 Å². The van der Waals surface area contributed by atoms with Gasteiger partial charge in [0.1, 0.15) is 0 Å². The number of rotatable bonds is 10. The minimum Gasteiger partial charge on any atom is -0.493 e. The van der Waals surface area contributed by atoms with Gasteiger partial charge >= 0.3 is 5.97 Å². The maximum atomic E-state index is 12.1. The third kappa shape index (κ3) is 6.24. The predicted molar refractivity (Wildman–Crippen MR) is 106 cm³/mol. The van der Waals surface area contributed by atoms with Crippen molar-refractivity contribution >= 4 is 23.3 Å². The fourth-order valence-electron chi connectivity index (χ4n) is 2.55. The van der Waals surface area contributed by atoms with E-state index in [1.807, 2.05) is 0 Å². The highest BCUT2D eigenvalue weighted by molar-refractivity contribution is 5.98. The van der Waals surface area contributed by atoms with E-state index in [4.69, 9.17) is 18.9 Å². The van der Waals surface area contributed by atoms with Gasteiger partial charge in [-0.2, -0.15) is 0 Å². The number of carbonyl (C=O) groups is 3. The van der Waals surface area contributed by atoms with Gasteiger partial charge in [-0.15, -0.1) is 0 Å². The summed E-state index contributed by atoms with van der Waals surface area (Å²) in [6.45, 7) is -0.477. The highest BCUT2D eigenvalue weighted by Crippen LogP contribution is 2.39. The van der Waals surface area contributed by atoms with Gasteiger partial charge in [-0.25, -0.2) is 0 Å². The van der Waals surface area contributed by atoms with Gasteiger partial charge in [0.15, 0.2) is 23.9 Å². The smallest absolute Gasteiger partial charge is 0.306 e. The van der Waals surface area contributed by atoms with Crippen LogP contribution in [-0.4, -0.2) is 45.6 Å². The number of esters is 1. The third-order valence-corrected chi connectivity index (χ3v) is 3.96. The molecule has 0 saturated carbocycles. The second kappa shape index (κ2) is 10.7. The lowest BCUT2D eigenvalue weighted by atomic mass is 10.1. The molecule has 0 bridgehead atoms. The molecule has 2 rings (SSSR count). The summed E-state index contributed by atoms with van der Waals surface area (Å²) in [7, 11) is 4.39. The van der Waals surface area contributed by atoms with Crippen molar-refractivity contribution in [3.05, 3.63) is 48.0 Å². The molecule has 0 heterocycles. The molecular formula is C21H23NO7. The quantitative estimate of drug-likeness (QED) is 0.483. The Balaban J connectivity index is 1.85. The second-order valence-corrected chi connectivity index (χ2v) is 5.91. The summed E-state index contributed by atoms with van der Waals surface area (Å²) in [5.74, 6) is -0.194. The molecule has 0 aliphatic heterocycles. The molecule has 0 aliphatic carbocycles. The molecule has 0 aliphatic rings. The van der Waals surface area contributed by atoms with Gasteiger partial charge in [0, 0.05) is 29.8 Å². The standard InChI is InChI=1S/C21H23NO7/c1-26-17-11-15(12-18(27-2)21(17)28-3)22-19(24)13-29-20(25)10-9-16(23)14-7-5-4-6-8-14/h4-8,11-12H,9-10,13H2,1-3H3,(H,22,24). The number of anilines is 1. The van der Waals surface area contributed by atoms with Crippen LogP contribution in [-0.2, 0) is 14.3 Å². The first-order chi connectivity index (χ1) is 14.0. The Kier molecular flexibility index (Phi) is 8.02. The summed E-state index contributed by atoms with van der Waals surface area (Å²) < 4.78 is 20.6. The Morgan fingerprint density at radius 2 is 1.48 bits per heavy atom. The summed E-state index contributed by atoms with van der Waals surface area (Å²) in [6.07, 6.45) is -0.0947. The average molecular weight is 401 g/mol. The largest absolute Gasteiger partial charge is 0.493 e. The number of nitrogens with one attached hydrogen (secondary N) is 1. The van der Waals surface area contributed by atoms with Crippen LogP contribution in [0.15, 0.2) is 42.5 Å². The first-order valence-electron chi connectivity index (χ1n) is 8.82. The van der Waals surface area contributed by atoms with Crippen molar-refractivity contribution in [3.8, 4) is 17.2 Å². The van der Waals surface area contributed by atoms with Crippen LogP contribution in [0.2, 0.25) is 0 Å². The fourth-order valence-corrected chi connectivity index (χ4v) is 2.55. The maximum Gasteiger partial charge on any atom is 0.306 e. The molecule has 0 atom stereocenters. The van der Waals surface area contributed by atoms with E-state index in [9.17, 15) is 14.4 Å². The van der Waals surface area contributed by atoms with Crippen LogP contribution in [0.3, 0.4) is 0 Å². The van der Waals surface area contributed by atoms with E-state index in [0.29, 0.717) is 28.5 Å². The van der Waals surface area contributed by atoms with E-state index in [-0.39, 0.29) is 18.6 Å². The first kappa shape index (κ1) is 21.7. The normalized spacial score (nSPS) is 10.0. The first-order valence-corrected chi connectivity index (χ1v) is 8.82. The molecule has 1 N–H and O–H groups in total. The lowest BCUT2D eigenvalue weighted by Crippen LogP contribution is -2.21. The minimum absolute atomic E-state index is 0.0113. The molecule has 0 fully saturated rings. The van der Waals surface area contributed by atoms with Gasteiger partial charge in [-0.3, -0.25) is 14.4 Å². The molecule has 0 aromatic heterocycles. The summed E-state index contributed by atoms with van der Waals surface area (Å²) in [5.41, 5.74) is 0.917. The maximum absolute atomic E-state index is 12.1. The molecule has 0 saturated heterocycles. The number of hydrogen-bond acceptors (Lipinski definition) is 7. The zero-order valence-corrected chi connectivity index (χ0v) is 16.5. The van der Waals surface area contributed by atoms with E-state index < -0.39 is 18.5 Å². The van der Waals surface area contributed by atoms with Crippen molar-refractivity contribution in [2.45, 2.75) is 12.8 Å². The van der Waals surface area contributed by atoms with Crippen LogP contribution in [0.4, 0.5) is 5.69 Å². The van der Waals surface area contributed by atoms with Crippen molar-refractivity contribution < 1.29 is 33.3 Å². The van der Waals surface area contributed by atoms with Gasteiger partial charge in [-0.05, 0) is 0 Å². The van der Waals surface area contributed by atoms with Crippen LogP contribution in [0.1, 0.15) is 23.2 Å². The van der Waals surface area contributed by atoms with Crippen LogP contribution >= 0.6 is 0 Å². The van der Waals surface area contributed by atoms with E-state index in [1.54, 1.807) is 42.5 Å². The van der Waals surface area contributed by atoms with Crippen molar-refractivity contribution in [2.24, 2.45) is 0 Å². The van der Waals surface area contributed by atoms with Crippen molar-refractivity contribution in [3.63, 3.8) is 0 Å². The number of hydrogen-bond donors (Lipinski definition) is 1. The van der Waals surface area contributed by atoms with E-state index in [2.05, 4.69) is 5.32 Å². The number of benzene rings is 2. The van der Waals surface area contributed by atoms with Crippen molar-refractivity contribution in [1.29, 1.82) is 0 Å². The predicted octanol–water partition coefficient (Wildman–Crippen LogP) is 2.86. The molecule has 2 aromatic rings. The van der Waals surface area contributed by atoms with Gasteiger partial charge < -0.3 is 24.3 Å². The number of Topliss-reactive ketones (excluding diaryl/α,β-unsaturated/α-hetero) is 1. The fraction of sp³-hybridized carbons (Fsp3) is 0.286. The zero-order valence-electron chi connectivity index (χ0n) is 16.5. The van der Waals surface area contributed by atoms with E-state index in [0.717, 1.165) is 0 Å². The Hall–Kier alpha value is -3.55.